The van der Waals surface area contributed by atoms with Gasteiger partial charge < -0.3 is 15.5 Å². The number of anilines is 2. The van der Waals surface area contributed by atoms with Crippen LogP contribution in [0.4, 0.5) is 17.3 Å². The molecule has 0 radical (unpaired) electrons. The van der Waals surface area contributed by atoms with E-state index in [-0.39, 0.29) is 11.6 Å². The smallest absolute Gasteiger partial charge is 0.276 e. The molecule has 1 amide bonds. The van der Waals surface area contributed by atoms with Crippen molar-refractivity contribution in [2.24, 2.45) is 5.41 Å². The minimum atomic E-state index is -0.499. The van der Waals surface area contributed by atoms with E-state index in [0.29, 0.717) is 31.1 Å². The van der Waals surface area contributed by atoms with Gasteiger partial charge in [-0.2, -0.15) is 0 Å². The molecular weight excluding hydrogens is 274 g/mol. The van der Waals surface area contributed by atoms with Crippen LogP contribution in [0, 0.1) is 15.5 Å². The Morgan fingerprint density at radius 1 is 1.48 bits per heavy atom. The predicted molar refractivity (Wildman–Crippen MR) is 79.4 cm³/mol. The van der Waals surface area contributed by atoms with Crippen LogP contribution in [-0.4, -0.2) is 43.0 Å². The highest BCUT2D eigenvalue weighted by molar-refractivity contribution is 5.83. The number of carbonyl (C=O) groups is 1. The van der Waals surface area contributed by atoms with Crippen LogP contribution in [0.3, 0.4) is 0 Å². The number of nitrogens with zero attached hydrogens (tertiary/aromatic N) is 3. The van der Waals surface area contributed by atoms with Gasteiger partial charge in [0.05, 0.1) is 22.5 Å². The summed E-state index contributed by atoms with van der Waals surface area (Å²) in [6.45, 7) is 3.02. The quantitative estimate of drug-likeness (QED) is 0.634. The van der Waals surface area contributed by atoms with E-state index in [1.165, 1.54) is 12.1 Å². The molecule has 0 spiro atoms. The zero-order valence-corrected chi connectivity index (χ0v) is 12.3. The number of pyridine rings is 1. The Labute approximate surface area is 122 Å². The Bertz CT molecular complexity index is 577. The molecule has 2 rings (SSSR count). The van der Waals surface area contributed by atoms with E-state index in [2.05, 4.69) is 15.6 Å². The Morgan fingerprint density at radius 3 is 2.76 bits per heavy atom. The van der Waals surface area contributed by atoms with Crippen LogP contribution in [0.5, 0.6) is 0 Å². The van der Waals surface area contributed by atoms with Gasteiger partial charge in [0.2, 0.25) is 5.91 Å². The number of nitro groups is 1. The molecule has 2 N–H and O–H groups in total. The average Bonchev–Trinajstić information content (AvgIpc) is 2.89. The van der Waals surface area contributed by atoms with Gasteiger partial charge in [-0.15, -0.1) is 0 Å². The Morgan fingerprint density at radius 2 is 2.19 bits per heavy atom. The number of hydrogen-bond acceptors (Lipinski definition) is 6. The molecule has 2 heterocycles. The van der Waals surface area contributed by atoms with Gasteiger partial charge in [0.1, 0.15) is 11.6 Å². The molecule has 0 saturated carbocycles. The molecule has 1 fully saturated rings. The van der Waals surface area contributed by atoms with Crippen LogP contribution < -0.4 is 15.5 Å². The van der Waals surface area contributed by atoms with Crippen molar-refractivity contribution >= 4 is 23.2 Å². The number of aromatic nitrogens is 1. The lowest BCUT2D eigenvalue weighted by molar-refractivity contribution is -0.384. The number of rotatable bonds is 4. The molecule has 1 saturated heterocycles. The Hall–Kier alpha value is -2.38. The van der Waals surface area contributed by atoms with Crippen molar-refractivity contribution < 1.29 is 9.72 Å². The summed E-state index contributed by atoms with van der Waals surface area (Å²) < 4.78 is 0. The molecule has 1 aliphatic heterocycles. The summed E-state index contributed by atoms with van der Waals surface area (Å²) in [5.74, 6) is 0.929. The fourth-order valence-corrected chi connectivity index (χ4v) is 2.54. The first-order chi connectivity index (χ1) is 9.89. The molecule has 1 aromatic rings. The maximum Gasteiger partial charge on any atom is 0.276 e. The van der Waals surface area contributed by atoms with Crippen molar-refractivity contribution in [1.82, 2.24) is 10.3 Å². The van der Waals surface area contributed by atoms with Gasteiger partial charge in [-0.3, -0.25) is 14.9 Å². The lowest BCUT2D eigenvalue weighted by Crippen LogP contribution is -2.39. The number of carbonyl (C=O) groups excluding carboxylic acids is 1. The van der Waals surface area contributed by atoms with Crippen molar-refractivity contribution in [3.05, 3.63) is 22.2 Å². The second-order valence-corrected chi connectivity index (χ2v) is 5.39. The van der Waals surface area contributed by atoms with Crippen molar-refractivity contribution in [2.45, 2.75) is 13.3 Å². The normalized spacial score (nSPS) is 21.2. The van der Waals surface area contributed by atoms with E-state index in [1.807, 2.05) is 11.8 Å². The van der Waals surface area contributed by atoms with Gasteiger partial charge in [0.25, 0.3) is 5.69 Å². The number of hydrogen-bond donors (Lipinski definition) is 2. The van der Waals surface area contributed by atoms with Crippen LogP contribution in [0.1, 0.15) is 13.3 Å². The molecule has 1 atom stereocenters. The van der Waals surface area contributed by atoms with E-state index < -0.39 is 10.3 Å². The van der Waals surface area contributed by atoms with Crippen LogP contribution >= 0.6 is 0 Å². The van der Waals surface area contributed by atoms with E-state index in [9.17, 15) is 14.9 Å². The third kappa shape index (κ3) is 2.88. The fourth-order valence-electron chi connectivity index (χ4n) is 2.54. The summed E-state index contributed by atoms with van der Waals surface area (Å²) in [5.41, 5.74) is -0.515. The second-order valence-electron chi connectivity index (χ2n) is 5.39. The molecule has 0 aliphatic carbocycles. The predicted octanol–water partition coefficient (Wildman–Crippen LogP) is 0.994. The van der Waals surface area contributed by atoms with Crippen molar-refractivity contribution in [3.8, 4) is 0 Å². The lowest BCUT2D eigenvalue weighted by atomic mass is 9.89. The average molecular weight is 293 g/mol. The zero-order valence-electron chi connectivity index (χ0n) is 12.3. The summed E-state index contributed by atoms with van der Waals surface area (Å²) in [5, 5.41) is 16.5. The minimum absolute atomic E-state index is 0.0158. The molecule has 1 aliphatic rings. The van der Waals surface area contributed by atoms with E-state index in [1.54, 1.807) is 14.1 Å². The molecule has 1 aromatic heterocycles. The fraction of sp³-hybridized carbons (Fsp3) is 0.538. The summed E-state index contributed by atoms with van der Waals surface area (Å²) >= 11 is 0. The van der Waals surface area contributed by atoms with Crippen molar-refractivity contribution in [3.63, 3.8) is 0 Å². The van der Waals surface area contributed by atoms with Gasteiger partial charge in [0.15, 0.2) is 0 Å². The third-order valence-electron chi connectivity index (χ3n) is 3.84. The van der Waals surface area contributed by atoms with Gasteiger partial charge in [-0.25, -0.2) is 4.98 Å². The summed E-state index contributed by atoms with van der Waals surface area (Å²) in [7, 11) is 3.27. The molecule has 8 heteroatoms. The summed E-state index contributed by atoms with van der Waals surface area (Å²) in [6.07, 6.45) is 0.686. The molecule has 8 nitrogen and oxygen atoms in total. The van der Waals surface area contributed by atoms with Gasteiger partial charge >= 0.3 is 0 Å². The highest BCUT2D eigenvalue weighted by Gasteiger charge is 2.40. The lowest BCUT2D eigenvalue weighted by Gasteiger charge is -2.23. The van der Waals surface area contributed by atoms with Gasteiger partial charge in [-0.1, -0.05) is 0 Å². The first-order valence-corrected chi connectivity index (χ1v) is 6.71. The molecule has 1 unspecified atom stereocenters. The Balaban J connectivity index is 2.29. The SMILES string of the molecule is CNC(=O)C1(C)CCN(c2cc([N+](=O)[O-])cc(NC)n2)C1. The van der Waals surface area contributed by atoms with E-state index in [4.69, 9.17) is 0 Å². The van der Waals surface area contributed by atoms with Crippen LogP contribution in [-0.2, 0) is 4.79 Å². The monoisotopic (exact) mass is 293 g/mol. The third-order valence-corrected chi connectivity index (χ3v) is 3.84. The maximum atomic E-state index is 11.9. The van der Waals surface area contributed by atoms with Crippen LogP contribution in [0.2, 0.25) is 0 Å². The molecule has 0 bridgehead atoms. The van der Waals surface area contributed by atoms with E-state index in [0.717, 1.165) is 0 Å². The molecule has 21 heavy (non-hydrogen) atoms. The first-order valence-electron chi connectivity index (χ1n) is 6.71. The second kappa shape index (κ2) is 5.55. The van der Waals surface area contributed by atoms with Crippen LogP contribution in [0.25, 0.3) is 0 Å². The molecule has 0 aromatic carbocycles. The summed E-state index contributed by atoms with van der Waals surface area (Å²) in [4.78, 5) is 28.7. The Kier molecular flexibility index (Phi) is 3.97. The first kappa shape index (κ1) is 15.0. The largest absolute Gasteiger partial charge is 0.373 e. The number of amides is 1. The highest BCUT2D eigenvalue weighted by atomic mass is 16.6. The highest BCUT2D eigenvalue weighted by Crippen LogP contribution is 2.34. The topological polar surface area (TPSA) is 100 Å². The molecule has 114 valence electrons. The van der Waals surface area contributed by atoms with Crippen LogP contribution in [0.15, 0.2) is 12.1 Å². The summed E-state index contributed by atoms with van der Waals surface area (Å²) in [6, 6.07) is 2.83. The maximum absolute atomic E-state index is 11.9. The van der Waals surface area contributed by atoms with Gasteiger partial charge in [-0.05, 0) is 13.3 Å². The van der Waals surface area contributed by atoms with Crippen molar-refractivity contribution in [1.29, 1.82) is 0 Å². The van der Waals surface area contributed by atoms with Gasteiger partial charge in [0, 0.05) is 27.2 Å². The zero-order chi connectivity index (χ0) is 15.6. The van der Waals surface area contributed by atoms with E-state index >= 15 is 0 Å². The minimum Gasteiger partial charge on any atom is -0.373 e. The van der Waals surface area contributed by atoms with Crippen molar-refractivity contribution in [2.75, 3.05) is 37.4 Å². The molecular formula is C13H19N5O3. The standard InChI is InChI=1S/C13H19N5O3/c1-13(12(19)15-3)4-5-17(8-13)11-7-9(18(20)21)6-10(14-2)16-11/h6-7H,4-5,8H2,1-3H3,(H,14,16)(H,15,19). The number of nitrogens with one attached hydrogen (secondary N) is 2.